The fourth-order valence-electron chi connectivity index (χ4n) is 5.14. The van der Waals surface area contributed by atoms with Gasteiger partial charge in [0.25, 0.3) is 0 Å². The molecule has 3 aromatic rings. The first-order valence-electron chi connectivity index (χ1n) is 12.4. The smallest absolute Gasteiger partial charge is 0.388 e. The highest BCUT2D eigenvalue weighted by atomic mass is 19.4. The summed E-state index contributed by atoms with van der Waals surface area (Å²) in [5.41, 5.74) is 3.36. The van der Waals surface area contributed by atoms with Crippen LogP contribution in [0, 0.1) is 17.6 Å². The first-order valence-corrected chi connectivity index (χ1v) is 12.4. The number of para-hydroxylation sites is 1. The second-order valence-corrected chi connectivity index (χ2v) is 9.91. The molecule has 3 heterocycles. The van der Waals surface area contributed by atoms with E-state index in [1.54, 1.807) is 0 Å². The van der Waals surface area contributed by atoms with Crippen LogP contribution in [0.25, 0.3) is 10.9 Å². The van der Waals surface area contributed by atoms with E-state index in [0.29, 0.717) is 39.0 Å². The van der Waals surface area contributed by atoms with Crippen molar-refractivity contribution in [3.63, 3.8) is 0 Å². The molecule has 1 aromatic heterocycles. The lowest BCUT2D eigenvalue weighted by atomic mass is 9.89. The zero-order valence-electron chi connectivity index (χ0n) is 20.5. The summed E-state index contributed by atoms with van der Waals surface area (Å²) in [6.45, 7) is 2.94. The number of rotatable bonds is 6. The number of alkyl halides is 4. The summed E-state index contributed by atoms with van der Waals surface area (Å²) >= 11 is 0. The van der Waals surface area contributed by atoms with Crippen LogP contribution in [0.1, 0.15) is 36.3 Å². The lowest BCUT2D eigenvalue weighted by Gasteiger charge is -2.41. The van der Waals surface area contributed by atoms with Gasteiger partial charge in [0.05, 0.1) is 19.3 Å². The highest BCUT2D eigenvalue weighted by Crippen LogP contribution is 2.32. The number of H-pyrrole nitrogens is 1. The molecule has 37 heavy (non-hydrogen) atoms. The summed E-state index contributed by atoms with van der Waals surface area (Å²) in [5.74, 6) is -1.40. The van der Waals surface area contributed by atoms with Crippen molar-refractivity contribution in [3.05, 3.63) is 70.9 Å². The second-order valence-electron chi connectivity index (χ2n) is 9.91. The fraction of sp³-hybridized carbons (Fsp3) is 0.481. The van der Waals surface area contributed by atoms with E-state index in [1.807, 2.05) is 36.1 Å². The van der Waals surface area contributed by atoms with Gasteiger partial charge in [-0.2, -0.15) is 13.2 Å². The molecule has 0 aliphatic carbocycles. The lowest BCUT2D eigenvalue weighted by Crippen LogP contribution is -2.49. The van der Waals surface area contributed by atoms with Gasteiger partial charge < -0.3 is 15.0 Å². The number of aromatic amines is 1. The van der Waals surface area contributed by atoms with E-state index >= 15 is 0 Å². The van der Waals surface area contributed by atoms with E-state index < -0.39 is 30.5 Å². The van der Waals surface area contributed by atoms with Crippen molar-refractivity contribution in [1.82, 2.24) is 14.8 Å². The van der Waals surface area contributed by atoms with Gasteiger partial charge in [-0.05, 0) is 49.1 Å². The minimum Gasteiger partial charge on any atom is -0.388 e. The Morgan fingerprint density at radius 1 is 1.08 bits per heavy atom. The Labute approximate surface area is 211 Å². The van der Waals surface area contributed by atoms with Gasteiger partial charge in [0.15, 0.2) is 0 Å². The van der Waals surface area contributed by atoms with Gasteiger partial charge in [0, 0.05) is 60.8 Å². The number of aromatic nitrogens is 1. The molecule has 2 aromatic carbocycles. The van der Waals surface area contributed by atoms with Crippen LogP contribution >= 0.6 is 0 Å². The summed E-state index contributed by atoms with van der Waals surface area (Å²) < 4.78 is 75.6. The third kappa shape index (κ3) is 6.86. The molecule has 1 unspecified atom stereocenters. The molecule has 2 atom stereocenters. The third-order valence-electron chi connectivity index (χ3n) is 7.03. The van der Waals surface area contributed by atoms with Crippen LogP contribution in [0.3, 0.4) is 0 Å². The largest absolute Gasteiger partial charge is 0.401 e. The van der Waals surface area contributed by atoms with Gasteiger partial charge in [0.1, 0.15) is 11.6 Å². The molecule has 2 aliphatic rings. The Kier molecular flexibility index (Phi) is 8.50. The van der Waals surface area contributed by atoms with Gasteiger partial charge in [0.2, 0.25) is 0 Å². The SMILES string of the molecule is C[C@@H]1Cc2c([nH]c3ccccc23)CN1CC(F)(F)F.OC(c1cc(F)cc(F)c1)C1CN(CCCF)C1. The number of nitrogens with one attached hydrogen (secondary N) is 1. The molecule has 10 heteroatoms. The first kappa shape index (κ1) is 27.5. The van der Waals surface area contributed by atoms with Crippen LogP contribution in [0.15, 0.2) is 42.5 Å². The van der Waals surface area contributed by atoms with Gasteiger partial charge in [-0.15, -0.1) is 0 Å². The topological polar surface area (TPSA) is 42.5 Å². The highest BCUT2D eigenvalue weighted by Gasteiger charge is 2.36. The molecular weight excluding hydrogens is 496 g/mol. The number of halogens is 6. The van der Waals surface area contributed by atoms with E-state index in [9.17, 15) is 31.4 Å². The van der Waals surface area contributed by atoms with Gasteiger partial charge in [-0.3, -0.25) is 9.29 Å². The fourth-order valence-corrected chi connectivity index (χ4v) is 5.14. The Morgan fingerprint density at radius 2 is 1.76 bits per heavy atom. The third-order valence-corrected chi connectivity index (χ3v) is 7.03. The Morgan fingerprint density at radius 3 is 2.41 bits per heavy atom. The van der Waals surface area contributed by atoms with Crippen LogP contribution < -0.4 is 0 Å². The summed E-state index contributed by atoms with van der Waals surface area (Å²) in [6, 6.07) is 10.9. The molecular formula is C27H31F6N3O. The maximum Gasteiger partial charge on any atom is 0.401 e. The zero-order valence-corrected chi connectivity index (χ0v) is 20.5. The second kappa shape index (κ2) is 11.4. The summed E-state index contributed by atoms with van der Waals surface area (Å²) in [7, 11) is 0. The van der Waals surface area contributed by atoms with Gasteiger partial charge in [-0.1, -0.05) is 18.2 Å². The average Bonchev–Trinajstić information content (AvgIpc) is 3.14. The highest BCUT2D eigenvalue weighted by molar-refractivity contribution is 5.84. The molecule has 0 saturated carbocycles. The maximum atomic E-state index is 13.0. The molecule has 0 amide bonds. The molecule has 1 fully saturated rings. The molecule has 0 bridgehead atoms. The molecule has 5 rings (SSSR count). The van der Waals surface area contributed by atoms with Gasteiger partial charge >= 0.3 is 6.18 Å². The van der Waals surface area contributed by atoms with Crippen molar-refractivity contribution in [1.29, 1.82) is 0 Å². The lowest BCUT2D eigenvalue weighted by molar-refractivity contribution is -0.152. The average molecular weight is 528 g/mol. The molecule has 202 valence electrons. The molecule has 1 saturated heterocycles. The zero-order chi connectivity index (χ0) is 26.7. The molecule has 4 nitrogen and oxygen atoms in total. The Balaban J connectivity index is 0.000000173. The normalized spacial score (nSPS) is 19.7. The molecule has 2 N–H and O–H groups in total. The Bertz CT molecular complexity index is 1170. The number of fused-ring (bicyclic) bond motifs is 3. The van der Waals surface area contributed by atoms with E-state index in [2.05, 4.69) is 4.98 Å². The number of hydrogen-bond donors (Lipinski definition) is 2. The van der Waals surface area contributed by atoms with E-state index in [1.165, 1.54) is 10.5 Å². The number of benzene rings is 2. The minimum absolute atomic E-state index is 0.0363. The number of aliphatic hydroxyl groups is 1. The van der Waals surface area contributed by atoms with Crippen LogP contribution in [-0.4, -0.2) is 65.0 Å². The van der Waals surface area contributed by atoms with Crippen molar-refractivity contribution in [2.24, 2.45) is 5.92 Å². The van der Waals surface area contributed by atoms with E-state index in [4.69, 9.17) is 0 Å². The van der Waals surface area contributed by atoms with Crippen molar-refractivity contribution >= 4 is 10.9 Å². The maximum absolute atomic E-state index is 13.0. The Hall–Kier alpha value is -2.56. The van der Waals surface area contributed by atoms with Crippen molar-refractivity contribution < 1.29 is 31.4 Å². The number of aliphatic hydroxyl groups excluding tert-OH is 1. The van der Waals surface area contributed by atoms with Crippen LogP contribution in [-0.2, 0) is 13.0 Å². The quantitative estimate of drug-likeness (QED) is 0.401. The first-order chi connectivity index (χ1) is 17.5. The van der Waals surface area contributed by atoms with Crippen molar-refractivity contribution in [2.75, 3.05) is 32.9 Å². The number of nitrogens with zero attached hydrogens (tertiary/aromatic N) is 2. The number of hydrogen-bond acceptors (Lipinski definition) is 3. The summed E-state index contributed by atoms with van der Waals surface area (Å²) in [5, 5.41) is 11.1. The minimum atomic E-state index is -4.14. The van der Waals surface area contributed by atoms with Crippen molar-refractivity contribution in [3.8, 4) is 0 Å². The van der Waals surface area contributed by atoms with Crippen LogP contribution in [0.2, 0.25) is 0 Å². The molecule has 0 radical (unpaired) electrons. The van der Waals surface area contributed by atoms with E-state index in [0.717, 1.165) is 34.8 Å². The standard InChI is InChI=1S/C14H15F3N2.C13H16F3NO/c1-9-6-11-10-4-2-3-5-12(10)18-13(11)7-19(9)8-14(15,16)17;14-2-1-3-17-7-10(8-17)13(18)9-4-11(15)6-12(16)5-9/h2-5,9,18H,6-8H2,1H3;4-6,10,13,18H,1-3,7-8H2/t9-;/m1./s1. The molecule has 2 aliphatic heterocycles. The summed E-state index contributed by atoms with van der Waals surface area (Å²) in [6.07, 6.45) is -3.86. The van der Waals surface area contributed by atoms with E-state index in [-0.39, 0.29) is 24.2 Å². The monoisotopic (exact) mass is 527 g/mol. The van der Waals surface area contributed by atoms with Gasteiger partial charge in [-0.25, -0.2) is 8.78 Å². The van der Waals surface area contributed by atoms with Crippen molar-refractivity contribution in [2.45, 2.75) is 44.6 Å². The number of likely N-dealkylation sites (tertiary alicyclic amines) is 1. The van der Waals surface area contributed by atoms with Crippen LogP contribution in [0.4, 0.5) is 26.3 Å². The predicted molar refractivity (Wildman–Crippen MR) is 130 cm³/mol. The molecule has 0 spiro atoms. The summed E-state index contributed by atoms with van der Waals surface area (Å²) in [4.78, 5) is 6.74. The van der Waals surface area contributed by atoms with Crippen LogP contribution in [0.5, 0.6) is 0 Å². The predicted octanol–water partition coefficient (Wildman–Crippen LogP) is 5.77.